The number of thioether (sulfide) groups is 1. The van der Waals surface area contributed by atoms with Gasteiger partial charge in [-0.1, -0.05) is 0 Å². The predicted molar refractivity (Wildman–Crippen MR) is 192 cm³/mol. The molecule has 52 heavy (non-hydrogen) atoms. The van der Waals surface area contributed by atoms with E-state index in [1.165, 1.54) is 25.8 Å². The molecule has 0 bridgehead atoms. The molecule has 0 aromatic carbocycles. The predicted octanol–water partition coefficient (Wildman–Crippen LogP) is 1.05. The number of nitrogens with one attached hydrogen (secondary N) is 2. The third-order valence-corrected chi connectivity index (χ3v) is 8.92. The van der Waals surface area contributed by atoms with Crippen LogP contribution in [0.1, 0.15) is 71.1 Å². The van der Waals surface area contributed by atoms with Gasteiger partial charge in [-0.05, 0) is 26.2 Å². The van der Waals surface area contributed by atoms with Crippen molar-refractivity contribution in [2.24, 2.45) is 0 Å². The number of methoxy groups -OCH3 is 2. The van der Waals surface area contributed by atoms with Gasteiger partial charge in [0.1, 0.15) is 11.6 Å². The normalized spacial score (nSPS) is 14.8. The molecule has 0 spiro atoms. The number of nitrogens with zero attached hydrogens (tertiary/aromatic N) is 1. The van der Waals surface area contributed by atoms with Crippen LogP contribution in [0.2, 0.25) is 0 Å². The number of ether oxygens (including phenoxy) is 6. The summed E-state index contributed by atoms with van der Waals surface area (Å²) in [5, 5.41) is 4.80. The molecule has 1 heterocycles. The number of hydrogen-bond donors (Lipinski definition) is 2. The summed E-state index contributed by atoms with van der Waals surface area (Å²) >= 11 is 1.22. The highest BCUT2D eigenvalue weighted by molar-refractivity contribution is 8.00. The van der Waals surface area contributed by atoms with E-state index >= 15 is 0 Å². The van der Waals surface area contributed by atoms with Crippen LogP contribution < -0.4 is 10.6 Å². The van der Waals surface area contributed by atoms with Crippen LogP contribution in [-0.4, -0.2) is 156 Å². The minimum atomic E-state index is -0.852. The Bertz CT molecular complexity index is 1090. The first-order valence-corrected chi connectivity index (χ1v) is 19.0. The summed E-state index contributed by atoms with van der Waals surface area (Å²) in [6.45, 7) is 5.68. The number of rotatable bonds is 35. The topological polar surface area (TPSA) is 202 Å². The number of ketones is 3. The molecule has 298 valence electrons. The summed E-state index contributed by atoms with van der Waals surface area (Å²) in [4.78, 5) is 87.3. The Morgan fingerprint density at radius 2 is 1.33 bits per heavy atom. The second-order valence-corrected chi connectivity index (χ2v) is 13.4. The molecule has 1 saturated heterocycles. The highest BCUT2D eigenvalue weighted by atomic mass is 32.2. The van der Waals surface area contributed by atoms with E-state index in [1.807, 2.05) is 0 Å². The lowest BCUT2D eigenvalue weighted by atomic mass is 10.00. The molecule has 1 aliphatic rings. The van der Waals surface area contributed by atoms with Gasteiger partial charge in [0.2, 0.25) is 23.6 Å². The summed E-state index contributed by atoms with van der Waals surface area (Å²) in [6.07, 6.45) is 2.23. The molecule has 16 nitrogen and oxygen atoms in total. The summed E-state index contributed by atoms with van der Waals surface area (Å²) < 4.78 is 31.5. The molecule has 0 radical (unpaired) electrons. The van der Waals surface area contributed by atoms with E-state index in [0.717, 1.165) is 4.90 Å². The zero-order chi connectivity index (χ0) is 38.4. The Morgan fingerprint density at radius 3 is 1.94 bits per heavy atom. The van der Waals surface area contributed by atoms with Crippen molar-refractivity contribution < 1.29 is 62.0 Å². The molecule has 0 saturated carbocycles. The lowest BCUT2D eigenvalue weighted by molar-refractivity contribution is -0.139. The quantitative estimate of drug-likeness (QED) is 0.0685. The minimum absolute atomic E-state index is 0.0167. The van der Waals surface area contributed by atoms with Gasteiger partial charge in [-0.2, -0.15) is 0 Å². The van der Waals surface area contributed by atoms with Gasteiger partial charge in [-0.25, -0.2) is 0 Å². The second-order valence-electron chi connectivity index (χ2n) is 12.1. The third kappa shape index (κ3) is 23.7. The molecular formula is C35H59N3O13S. The summed E-state index contributed by atoms with van der Waals surface area (Å²) in [5.74, 6) is -1.31. The van der Waals surface area contributed by atoms with Crippen LogP contribution in [0, 0.1) is 0 Å². The van der Waals surface area contributed by atoms with E-state index in [2.05, 4.69) is 10.6 Å². The molecule has 0 aliphatic carbocycles. The van der Waals surface area contributed by atoms with Crippen LogP contribution in [0.15, 0.2) is 0 Å². The maximum atomic E-state index is 12.9. The molecule has 0 aromatic rings. The molecule has 1 fully saturated rings. The first-order chi connectivity index (χ1) is 25.1. The fourth-order valence-corrected chi connectivity index (χ4v) is 5.96. The van der Waals surface area contributed by atoms with Crippen molar-refractivity contribution in [2.75, 3.05) is 99.1 Å². The van der Waals surface area contributed by atoms with E-state index in [4.69, 9.17) is 28.4 Å². The molecule has 2 N–H and O–H groups in total. The van der Waals surface area contributed by atoms with Crippen LogP contribution in [0.3, 0.4) is 0 Å². The van der Waals surface area contributed by atoms with Gasteiger partial charge in [0.15, 0.2) is 5.78 Å². The van der Waals surface area contributed by atoms with Crippen LogP contribution in [0.25, 0.3) is 0 Å². The zero-order valence-corrected chi connectivity index (χ0v) is 31.9. The van der Waals surface area contributed by atoms with Crippen molar-refractivity contribution in [2.45, 2.75) is 82.4 Å². The van der Waals surface area contributed by atoms with E-state index < -0.39 is 29.0 Å². The highest BCUT2D eigenvalue weighted by Crippen LogP contribution is 2.26. The van der Waals surface area contributed by atoms with Crippen molar-refractivity contribution in [3.05, 3.63) is 0 Å². The van der Waals surface area contributed by atoms with Gasteiger partial charge in [0.05, 0.1) is 64.1 Å². The van der Waals surface area contributed by atoms with Crippen molar-refractivity contribution in [1.82, 2.24) is 15.5 Å². The highest BCUT2D eigenvalue weighted by Gasteiger charge is 2.38. The number of hydrogen-bond acceptors (Lipinski definition) is 14. The molecule has 2 atom stereocenters. The standard InChI is InChI=1S/C35H59N3O13S/c1-27(39)11-17-48-19-21-50-23-24-51-22-20-49-18-13-36-32(42)12-25-52-31-26-34(44)38(35(31)45)14-10-33(43)37-29(30(41)7-5-16-47-3)9-8-28(40)6-4-15-46-2/h29,31H,4-26H2,1-3H3,(H,36,42)(H,37,43)/t29-,31?/m0/s1. The third-order valence-electron chi connectivity index (χ3n) is 7.71. The molecular weight excluding hydrogens is 702 g/mol. The fraction of sp³-hybridized carbons (Fsp3) is 0.800. The number of carbonyl (C=O) groups is 7. The van der Waals surface area contributed by atoms with E-state index in [1.54, 1.807) is 7.11 Å². The first-order valence-electron chi connectivity index (χ1n) is 17.9. The molecule has 1 unspecified atom stereocenters. The van der Waals surface area contributed by atoms with Crippen LogP contribution in [-0.2, 0) is 62.0 Å². The molecule has 1 aliphatic heterocycles. The number of amides is 4. The Labute approximate surface area is 311 Å². The molecule has 17 heteroatoms. The average Bonchev–Trinajstić information content (AvgIpc) is 3.38. The second kappa shape index (κ2) is 30.6. The van der Waals surface area contributed by atoms with E-state index in [9.17, 15) is 33.6 Å². The van der Waals surface area contributed by atoms with Gasteiger partial charge in [0.25, 0.3) is 0 Å². The average molecular weight is 762 g/mol. The largest absolute Gasteiger partial charge is 0.385 e. The van der Waals surface area contributed by atoms with Crippen molar-refractivity contribution >= 4 is 52.7 Å². The monoisotopic (exact) mass is 761 g/mol. The fourth-order valence-electron chi connectivity index (χ4n) is 4.84. The Kier molecular flexibility index (Phi) is 27.8. The van der Waals surface area contributed by atoms with E-state index in [0.29, 0.717) is 104 Å². The summed E-state index contributed by atoms with van der Waals surface area (Å²) in [5.41, 5.74) is 0. The molecule has 0 aromatic heterocycles. The van der Waals surface area contributed by atoms with Crippen molar-refractivity contribution in [1.29, 1.82) is 0 Å². The number of likely N-dealkylation sites (tertiary alicyclic amines) is 1. The van der Waals surface area contributed by atoms with Gasteiger partial charge in [-0.15, -0.1) is 11.8 Å². The first kappa shape index (κ1) is 47.2. The molecule has 1 rings (SSSR count). The lowest BCUT2D eigenvalue weighted by Crippen LogP contribution is -2.43. The summed E-state index contributed by atoms with van der Waals surface area (Å²) in [7, 11) is 3.09. The smallest absolute Gasteiger partial charge is 0.242 e. The van der Waals surface area contributed by atoms with E-state index in [-0.39, 0.29) is 68.3 Å². The number of Topliss-reactive ketones (excluding diaryl/α,β-unsaturated/α-hetero) is 3. The van der Waals surface area contributed by atoms with Gasteiger partial charge in [-0.3, -0.25) is 38.5 Å². The SMILES string of the molecule is COCCCC(=O)CC[C@H](NC(=O)CCN1C(=O)CC(SCCC(=O)NCCOCCOCCOCCOCCC(C)=O)C1=O)C(=O)CCCOC. The Hall–Kier alpha value is -2.80. The lowest BCUT2D eigenvalue weighted by Gasteiger charge is -2.19. The van der Waals surface area contributed by atoms with Crippen LogP contribution >= 0.6 is 11.8 Å². The maximum Gasteiger partial charge on any atom is 0.242 e. The summed E-state index contributed by atoms with van der Waals surface area (Å²) in [6, 6.07) is -0.852. The van der Waals surface area contributed by atoms with Gasteiger partial charge >= 0.3 is 0 Å². The molecule has 4 amide bonds. The Balaban J connectivity index is 2.24. The van der Waals surface area contributed by atoms with Crippen LogP contribution in [0.5, 0.6) is 0 Å². The maximum absolute atomic E-state index is 12.9. The number of imide groups is 1. The zero-order valence-electron chi connectivity index (χ0n) is 31.1. The van der Waals surface area contributed by atoms with Gasteiger partial charge in [0, 0.05) is 91.2 Å². The minimum Gasteiger partial charge on any atom is -0.385 e. The van der Waals surface area contributed by atoms with Crippen molar-refractivity contribution in [3.8, 4) is 0 Å². The Morgan fingerprint density at radius 1 is 0.731 bits per heavy atom. The number of carbonyl (C=O) groups excluding carboxylic acids is 7. The van der Waals surface area contributed by atoms with Gasteiger partial charge < -0.3 is 39.1 Å². The van der Waals surface area contributed by atoms with Crippen LogP contribution in [0.4, 0.5) is 0 Å². The van der Waals surface area contributed by atoms with Crippen molar-refractivity contribution in [3.63, 3.8) is 0 Å².